The van der Waals surface area contributed by atoms with E-state index in [1.165, 1.54) is 18.4 Å². The summed E-state index contributed by atoms with van der Waals surface area (Å²) in [5.41, 5.74) is 0. The van der Waals surface area contributed by atoms with Gasteiger partial charge in [-0.2, -0.15) is 0 Å². The molecule has 12 heteroatoms. The maximum absolute atomic E-state index is 12.1. The first kappa shape index (κ1) is 24.9. The first-order chi connectivity index (χ1) is 13.0. The number of amides is 1. The topological polar surface area (TPSA) is 112 Å². The monoisotopic (exact) mass is 545 g/mol. The third kappa shape index (κ3) is 7.72. The maximum atomic E-state index is 12.1. The SMILES string of the molecule is CCNC(=NCCNS(=O)(=O)c1cccs1)NC1CCN(C(=O)OC)CC1.I. The predicted octanol–water partition coefficient (Wildman–Crippen LogP) is 1.43. The summed E-state index contributed by atoms with van der Waals surface area (Å²) in [5.74, 6) is 0.643. The third-order valence-electron chi connectivity index (χ3n) is 4.05. The molecule has 0 aromatic carbocycles. The number of halogens is 1. The number of likely N-dealkylation sites (tertiary alicyclic amines) is 1. The lowest BCUT2D eigenvalue weighted by Crippen LogP contribution is -2.50. The fourth-order valence-corrected chi connectivity index (χ4v) is 4.74. The summed E-state index contributed by atoms with van der Waals surface area (Å²) in [4.78, 5) is 17.6. The predicted molar refractivity (Wildman–Crippen MR) is 121 cm³/mol. The molecule has 1 amide bonds. The van der Waals surface area contributed by atoms with Gasteiger partial charge in [-0.15, -0.1) is 35.3 Å². The lowest BCUT2D eigenvalue weighted by Gasteiger charge is -2.32. The highest BCUT2D eigenvalue weighted by atomic mass is 127. The van der Waals surface area contributed by atoms with Crippen molar-refractivity contribution in [2.75, 3.05) is 39.8 Å². The Morgan fingerprint density at radius 1 is 1.39 bits per heavy atom. The van der Waals surface area contributed by atoms with E-state index in [1.807, 2.05) is 6.92 Å². The van der Waals surface area contributed by atoms with E-state index in [2.05, 4.69) is 20.3 Å². The maximum Gasteiger partial charge on any atom is 0.409 e. The number of aliphatic imine (C=N–C) groups is 1. The molecule has 0 unspecified atom stereocenters. The van der Waals surface area contributed by atoms with Crippen LogP contribution in [0.4, 0.5) is 4.79 Å². The van der Waals surface area contributed by atoms with Crippen LogP contribution in [0.25, 0.3) is 0 Å². The summed E-state index contributed by atoms with van der Waals surface area (Å²) in [6, 6.07) is 3.48. The van der Waals surface area contributed by atoms with Gasteiger partial charge in [0.2, 0.25) is 10.0 Å². The Balaban J connectivity index is 0.00000392. The molecule has 1 fully saturated rings. The second-order valence-corrected chi connectivity index (χ2v) is 8.91. The van der Waals surface area contributed by atoms with Gasteiger partial charge in [-0.25, -0.2) is 17.9 Å². The van der Waals surface area contributed by atoms with Crippen molar-refractivity contribution in [3.05, 3.63) is 17.5 Å². The number of guanidine groups is 1. The summed E-state index contributed by atoms with van der Waals surface area (Å²) in [5, 5.41) is 8.23. The lowest BCUT2D eigenvalue weighted by molar-refractivity contribution is 0.111. The number of ether oxygens (including phenoxy) is 1. The summed E-state index contributed by atoms with van der Waals surface area (Å²) < 4.78 is 31.7. The Labute approximate surface area is 187 Å². The summed E-state index contributed by atoms with van der Waals surface area (Å²) in [7, 11) is -2.08. The molecule has 0 bridgehead atoms. The minimum atomic E-state index is -3.46. The van der Waals surface area contributed by atoms with E-state index in [0.29, 0.717) is 36.3 Å². The van der Waals surface area contributed by atoms with Gasteiger partial charge in [-0.3, -0.25) is 4.99 Å². The van der Waals surface area contributed by atoms with Gasteiger partial charge in [0.05, 0.1) is 13.7 Å². The summed E-state index contributed by atoms with van der Waals surface area (Å²) in [6.07, 6.45) is 1.29. The van der Waals surface area contributed by atoms with Crippen molar-refractivity contribution in [2.45, 2.75) is 30.0 Å². The van der Waals surface area contributed by atoms with Crippen LogP contribution < -0.4 is 15.4 Å². The number of thiophene rings is 1. The van der Waals surface area contributed by atoms with Crippen LogP contribution in [0.5, 0.6) is 0 Å². The molecule has 0 atom stereocenters. The zero-order valence-corrected chi connectivity index (χ0v) is 20.0. The van der Waals surface area contributed by atoms with Gasteiger partial charge in [0.15, 0.2) is 5.96 Å². The number of rotatable bonds is 7. The number of nitrogens with one attached hydrogen (secondary N) is 3. The van der Waals surface area contributed by atoms with E-state index in [9.17, 15) is 13.2 Å². The van der Waals surface area contributed by atoms with Crippen molar-refractivity contribution in [3.63, 3.8) is 0 Å². The van der Waals surface area contributed by atoms with E-state index in [0.717, 1.165) is 12.8 Å². The van der Waals surface area contributed by atoms with Crippen molar-refractivity contribution < 1.29 is 17.9 Å². The van der Waals surface area contributed by atoms with Crippen LogP contribution in [-0.4, -0.2) is 71.2 Å². The number of hydrogen-bond donors (Lipinski definition) is 3. The normalized spacial score (nSPS) is 15.6. The molecule has 2 heterocycles. The van der Waals surface area contributed by atoms with Crippen molar-refractivity contribution in [1.82, 2.24) is 20.3 Å². The van der Waals surface area contributed by atoms with Gasteiger partial charge in [0.1, 0.15) is 4.21 Å². The van der Waals surface area contributed by atoms with Gasteiger partial charge in [-0.05, 0) is 31.2 Å². The van der Waals surface area contributed by atoms with Crippen LogP contribution in [0.15, 0.2) is 26.7 Å². The number of sulfonamides is 1. The Morgan fingerprint density at radius 3 is 2.68 bits per heavy atom. The molecule has 2 rings (SSSR count). The molecule has 3 N–H and O–H groups in total. The van der Waals surface area contributed by atoms with Crippen molar-refractivity contribution in [3.8, 4) is 0 Å². The fourth-order valence-electron chi connectivity index (χ4n) is 2.68. The Hall–Kier alpha value is -1.12. The highest BCUT2D eigenvalue weighted by molar-refractivity contribution is 14.0. The minimum absolute atomic E-state index is 0. The second kappa shape index (κ2) is 12.4. The zero-order valence-electron chi connectivity index (χ0n) is 16.0. The molecule has 9 nitrogen and oxygen atoms in total. The molecule has 0 spiro atoms. The molecular weight excluding hydrogens is 517 g/mol. The van der Waals surface area contributed by atoms with E-state index in [-0.39, 0.29) is 42.7 Å². The van der Waals surface area contributed by atoms with Crippen LogP contribution >= 0.6 is 35.3 Å². The number of carbonyl (C=O) groups is 1. The molecule has 1 saturated heterocycles. The number of hydrogen-bond acceptors (Lipinski definition) is 6. The Morgan fingerprint density at radius 2 is 2.11 bits per heavy atom. The van der Waals surface area contributed by atoms with Crippen molar-refractivity contribution in [2.24, 2.45) is 4.99 Å². The van der Waals surface area contributed by atoms with E-state index >= 15 is 0 Å². The largest absolute Gasteiger partial charge is 0.453 e. The first-order valence-corrected chi connectivity index (χ1v) is 11.2. The van der Waals surface area contributed by atoms with Gasteiger partial charge >= 0.3 is 6.09 Å². The van der Waals surface area contributed by atoms with Crippen LogP contribution in [0.1, 0.15) is 19.8 Å². The fraction of sp³-hybridized carbons (Fsp3) is 0.625. The molecule has 160 valence electrons. The standard InChI is InChI=1S/C16H27N5O4S2.HI/c1-3-17-15(20-13-6-10-21(11-7-13)16(22)25-2)18-8-9-19-27(23,24)14-5-4-12-26-14;/h4-5,12-13,19H,3,6-11H2,1-2H3,(H2,17,18,20);1H. The van der Waals surface area contributed by atoms with Crippen LogP contribution in [0.2, 0.25) is 0 Å². The Kier molecular flexibility index (Phi) is 11.1. The van der Waals surface area contributed by atoms with Crippen molar-refractivity contribution >= 4 is 57.4 Å². The van der Waals surface area contributed by atoms with Crippen LogP contribution in [-0.2, 0) is 14.8 Å². The molecule has 0 saturated carbocycles. The molecule has 0 radical (unpaired) electrons. The van der Waals surface area contributed by atoms with E-state index in [4.69, 9.17) is 4.74 Å². The van der Waals surface area contributed by atoms with E-state index in [1.54, 1.807) is 22.4 Å². The Bertz CT molecular complexity index is 719. The molecule has 28 heavy (non-hydrogen) atoms. The molecular formula is C16H28IN5O4S2. The average molecular weight is 545 g/mol. The molecule has 1 aliphatic rings. The van der Waals surface area contributed by atoms with Gasteiger partial charge in [0.25, 0.3) is 0 Å². The van der Waals surface area contributed by atoms with Gasteiger partial charge in [0, 0.05) is 32.2 Å². The number of methoxy groups -OCH3 is 1. The molecule has 0 aliphatic carbocycles. The van der Waals surface area contributed by atoms with Gasteiger partial charge < -0.3 is 20.3 Å². The van der Waals surface area contributed by atoms with Gasteiger partial charge in [-0.1, -0.05) is 6.07 Å². The second-order valence-electron chi connectivity index (χ2n) is 5.97. The van der Waals surface area contributed by atoms with Crippen LogP contribution in [0.3, 0.4) is 0 Å². The molecule has 1 aliphatic heterocycles. The molecule has 1 aromatic rings. The zero-order chi connectivity index (χ0) is 19.7. The highest BCUT2D eigenvalue weighted by Gasteiger charge is 2.23. The lowest BCUT2D eigenvalue weighted by atomic mass is 10.1. The third-order valence-corrected chi connectivity index (χ3v) is 6.91. The highest BCUT2D eigenvalue weighted by Crippen LogP contribution is 2.15. The summed E-state index contributed by atoms with van der Waals surface area (Å²) >= 11 is 1.18. The quantitative estimate of drug-likeness (QED) is 0.207. The average Bonchev–Trinajstić information content (AvgIpc) is 3.21. The smallest absolute Gasteiger partial charge is 0.409 e. The number of carbonyl (C=O) groups excluding carboxylic acids is 1. The first-order valence-electron chi connectivity index (χ1n) is 8.87. The number of nitrogens with zero attached hydrogens (tertiary/aromatic N) is 2. The minimum Gasteiger partial charge on any atom is -0.453 e. The summed E-state index contributed by atoms with van der Waals surface area (Å²) in [6.45, 7) is 4.47. The van der Waals surface area contributed by atoms with Crippen molar-refractivity contribution in [1.29, 1.82) is 0 Å². The number of piperidine rings is 1. The van der Waals surface area contributed by atoms with Crippen LogP contribution in [0, 0.1) is 0 Å². The van der Waals surface area contributed by atoms with E-state index < -0.39 is 10.0 Å². The molecule has 1 aromatic heterocycles.